The molecule has 2 aromatic carbocycles. The number of nitrogens with one attached hydrogen (secondary N) is 1. The van der Waals surface area contributed by atoms with Crippen molar-refractivity contribution in [3.63, 3.8) is 0 Å². The first kappa shape index (κ1) is 13.7. The van der Waals surface area contributed by atoms with Crippen LogP contribution in [0.25, 0.3) is 0 Å². The van der Waals surface area contributed by atoms with Gasteiger partial charge >= 0.3 is 0 Å². The van der Waals surface area contributed by atoms with Crippen molar-refractivity contribution in [2.75, 3.05) is 5.32 Å². The zero-order valence-corrected chi connectivity index (χ0v) is 10.8. The Labute approximate surface area is 114 Å². The molecule has 100 valence electrons. The molecule has 0 saturated heterocycles. The molecule has 2 aromatic rings. The third-order valence-electron chi connectivity index (χ3n) is 2.69. The number of hydrogen-bond acceptors (Lipinski definition) is 1. The van der Waals surface area contributed by atoms with Crippen LogP contribution in [0.4, 0.5) is 18.9 Å². The van der Waals surface area contributed by atoms with Gasteiger partial charge in [0, 0.05) is 17.1 Å². The number of hydrogen-bond donors (Lipinski definition) is 1. The van der Waals surface area contributed by atoms with Gasteiger partial charge in [0.15, 0.2) is 0 Å². The van der Waals surface area contributed by atoms with E-state index >= 15 is 0 Å². The molecule has 0 heterocycles. The Kier molecular flexibility index (Phi) is 4.00. The average molecular weight is 286 g/mol. The van der Waals surface area contributed by atoms with Gasteiger partial charge in [0.25, 0.3) is 0 Å². The number of rotatable bonds is 3. The van der Waals surface area contributed by atoms with E-state index in [9.17, 15) is 13.2 Å². The Morgan fingerprint density at radius 3 is 2.21 bits per heavy atom. The monoisotopic (exact) mass is 285 g/mol. The van der Waals surface area contributed by atoms with Crippen LogP contribution in [-0.2, 0) is 0 Å². The molecule has 1 nitrogen and oxygen atoms in total. The van der Waals surface area contributed by atoms with Crippen LogP contribution in [0, 0.1) is 17.5 Å². The molecule has 0 bridgehead atoms. The minimum absolute atomic E-state index is 0.224. The van der Waals surface area contributed by atoms with E-state index in [-0.39, 0.29) is 10.7 Å². The minimum atomic E-state index is -0.666. The van der Waals surface area contributed by atoms with Gasteiger partial charge in [-0.05, 0) is 42.8 Å². The standard InChI is InChI=1S/C14H11ClF3N/c1-8(9-4-11(16)7-12(17)5-9)19-14-3-2-10(15)6-13(14)18/h2-8,19H,1H3. The fourth-order valence-electron chi connectivity index (χ4n) is 1.75. The molecule has 0 aliphatic rings. The fraction of sp³-hybridized carbons (Fsp3) is 0.143. The summed E-state index contributed by atoms with van der Waals surface area (Å²) in [6.07, 6.45) is 0. The Balaban J connectivity index is 2.22. The first-order chi connectivity index (χ1) is 8.95. The van der Waals surface area contributed by atoms with Crippen molar-refractivity contribution >= 4 is 17.3 Å². The fourth-order valence-corrected chi connectivity index (χ4v) is 1.91. The molecular formula is C14H11ClF3N. The van der Waals surface area contributed by atoms with Gasteiger partial charge in [-0.15, -0.1) is 0 Å². The Morgan fingerprint density at radius 1 is 1.00 bits per heavy atom. The minimum Gasteiger partial charge on any atom is -0.376 e. The predicted octanol–water partition coefficient (Wildman–Crippen LogP) is 4.93. The predicted molar refractivity (Wildman–Crippen MR) is 69.8 cm³/mol. The summed E-state index contributed by atoms with van der Waals surface area (Å²) in [5.74, 6) is -1.85. The molecule has 0 radical (unpaired) electrons. The zero-order chi connectivity index (χ0) is 14.0. The molecule has 0 amide bonds. The highest BCUT2D eigenvalue weighted by molar-refractivity contribution is 6.30. The van der Waals surface area contributed by atoms with Crippen molar-refractivity contribution in [3.8, 4) is 0 Å². The van der Waals surface area contributed by atoms with Crippen LogP contribution in [0.2, 0.25) is 5.02 Å². The maximum Gasteiger partial charge on any atom is 0.147 e. The normalized spacial score (nSPS) is 12.3. The second-order valence-corrected chi connectivity index (χ2v) is 4.63. The molecule has 0 aliphatic heterocycles. The summed E-state index contributed by atoms with van der Waals surface area (Å²) in [5, 5.41) is 3.13. The van der Waals surface area contributed by atoms with Gasteiger partial charge < -0.3 is 5.32 Å². The summed E-state index contributed by atoms with van der Waals surface area (Å²) in [4.78, 5) is 0. The molecule has 1 N–H and O–H groups in total. The summed E-state index contributed by atoms with van der Waals surface area (Å²) >= 11 is 5.65. The third kappa shape index (κ3) is 3.41. The third-order valence-corrected chi connectivity index (χ3v) is 2.92. The van der Waals surface area contributed by atoms with Crippen molar-refractivity contribution in [2.24, 2.45) is 0 Å². The van der Waals surface area contributed by atoms with Crippen molar-refractivity contribution in [1.29, 1.82) is 0 Å². The van der Waals surface area contributed by atoms with Crippen molar-refractivity contribution in [1.82, 2.24) is 0 Å². The molecular weight excluding hydrogens is 275 g/mol. The maximum atomic E-state index is 13.6. The number of benzene rings is 2. The topological polar surface area (TPSA) is 12.0 Å². The van der Waals surface area contributed by atoms with E-state index in [1.807, 2.05) is 0 Å². The summed E-state index contributed by atoms with van der Waals surface area (Å²) in [6, 6.07) is 6.93. The van der Waals surface area contributed by atoms with E-state index in [0.29, 0.717) is 5.56 Å². The lowest BCUT2D eigenvalue weighted by molar-refractivity contribution is 0.577. The van der Waals surface area contributed by atoms with Crippen LogP contribution in [0.3, 0.4) is 0 Å². The number of anilines is 1. The first-order valence-corrected chi connectivity index (χ1v) is 6.01. The van der Waals surface area contributed by atoms with Crippen LogP contribution in [0.1, 0.15) is 18.5 Å². The SMILES string of the molecule is CC(Nc1ccc(Cl)cc1F)c1cc(F)cc(F)c1. The van der Waals surface area contributed by atoms with E-state index in [0.717, 1.165) is 6.07 Å². The molecule has 1 unspecified atom stereocenters. The van der Waals surface area contributed by atoms with Crippen LogP contribution >= 0.6 is 11.6 Å². The Morgan fingerprint density at radius 2 is 1.63 bits per heavy atom. The van der Waals surface area contributed by atoms with Crippen LogP contribution < -0.4 is 5.32 Å². The first-order valence-electron chi connectivity index (χ1n) is 5.63. The lowest BCUT2D eigenvalue weighted by atomic mass is 10.1. The molecule has 0 spiro atoms. The van der Waals surface area contributed by atoms with Crippen molar-refractivity contribution in [2.45, 2.75) is 13.0 Å². The zero-order valence-electron chi connectivity index (χ0n) is 10.1. The molecule has 5 heteroatoms. The summed E-state index contributed by atoms with van der Waals surface area (Å²) < 4.78 is 39.8. The van der Waals surface area contributed by atoms with Gasteiger partial charge in [0.1, 0.15) is 17.5 Å². The lowest BCUT2D eigenvalue weighted by Gasteiger charge is -2.16. The molecule has 0 aliphatic carbocycles. The Bertz CT molecular complexity index is 581. The van der Waals surface area contributed by atoms with Gasteiger partial charge in [0.05, 0.1) is 5.69 Å². The highest BCUT2D eigenvalue weighted by atomic mass is 35.5. The van der Waals surface area contributed by atoms with E-state index < -0.39 is 23.5 Å². The second kappa shape index (κ2) is 5.53. The van der Waals surface area contributed by atoms with Crippen LogP contribution in [-0.4, -0.2) is 0 Å². The molecule has 2 rings (SSSR count). The summed E-state index contributed by atoms with van der Waals surface area (Å²) in [6.45, 7) is 1.68. The smallest absolute Gasteiger partial charge is 0.147 e. The quantitative estimate of drug-likeness (QED) is 0.843. The van der Waals surface area contributed by atoms with Crippen LogP contribution in [0.5, 0.6) is 0 Å². The van der Waals surface area contributed by atoms with Gasteiger partial charge in [-0.1, -0.05) is 11.6 Å². The average Bonchev–Trinajstić information content (AvgIpc) is 2.31. The lowest BCUT2D eigenvalue weighted by Crippen LogP contribution is -2.08. The molecule has 19 heavy (non-hydrogen) atoms. The second-order valence-electron chi connectivity index (χ2n) is 4.19. The van der Waals surface area contributed by atoms with Crippen molar-refractivity contribution in [3.05, 3.63) is 64.4 Å². The van der Waals surface area contributed by atoms with E-state index in [1.54, 1.807) is 6.92 Å². The number of halogens is 4. The highest BCUT2D eigenvalue weighted by Crippen LogP contribution is 2.24. The van der Waals surface area contributed by atoms with Crippen LogP contribution in [0.15, 0.2) is 36.4 Å². The van der Waals surface area contributed by atoms with Gasteiger partial charge in [-0.2, -0.15) is 0 Å². The molecule has 0 fully saturated rings. The molecule has 0 saturated carbocycles. The van der Waals surface area contributed by atoms with E-state index in [2.05, 4.69) is 5.32 Å². The Hall–Kier alpha value is -1.68. The van der Waals surface area contributed by atoms with Gasteiger partial charge in [0.2, 0.25) is 0 Å². The van der Waals surface area contributed by atoms with E-state index in [4.69, 9.17) is 11.6 Å². The van der Waals surface area contributed by atoms with Gasteiger partial charge in [-0.3, -0.25) is 0 Å². The highest BCUT2D eigenvalue weighted by Gasteiger charge is 2.11. The molecule has 1 atom stereocenters. The summed E-state index contributed by atoms with van der Waals surface area (Å²) in [7, 11) is 0. The van der Waals surface area contributed by atoms with E-state index in [1.165, 1.54) is 30.3 Å². The maximum absolute atomic E-state index is 13.6. The van der Waals surface area contributed by atoms with Gasteiger partial charge in [-0.25, -0.2) is 13.2 Å². The molecule has 0 aromatic heterocycles. The summed E-state index contributed by atoms with van der Waals surface area (Å²) in [5.41, 5.74) is 0.619. The largest absolute Gasteiger partial charge is 0.376 e. The van der Waals surface area contributed by atoms with Crippen molar-refractivity contribution < 1.29 is 13.2 Å².